The van der Waals surface area contributed by atoms with Crippen molar-refractivity contribution in [1.82, 2.24) is 19.6 Å². The number of ether oxygens (including phenoxy) is 1. The van der Waals surface area contributed by atoms with Crippen molar-refractivity contribution in [2.45, 2.75) is 31.4 Å². The first-order chi connectivity index (χ1) is 11.2. The molecule has 1 aromatic heterocycles. The molecule has 7 heteroatoms. The standard InChI is InChI=1S/C16H25N5O2/c1-18-5-6-20(16(18)22)13-8-17-21(11-13)14-9-19(10-14)12-15-4-2-3-7-23-15/h8,11,14-15H,2-7,9-10,12H2,1H3. The van der Waals surface area contributed by atoms with E-state index in [4.69, 9.17) is 4.74 Å². The van der Waals surface area contributed by atoms with E-state index in [1.165, 1.54) is 19.3 Å². The Balaban J connectivity index is 1.30. The molecule has 1 aromatic rings. The monoisotopic (exact) mass is 319 g/mol. The maximum absolute atomic E-state index is 12.0. The number of likely N-dealkylation sites (N-methyl/N-ethyl adjacent to an activating group) is 1. The maximum Gasteiger partial charge on any atom is 0.324 e. The second-order valence-corrected chi connectivity index (χ2v) is 6.90. The third-order valence-corrected chi connectivity index (χ3v) is 5.16. The number of aromatic nitrogens is 2. The van der Waals surface area contributed by atoms with E-state index in [0.29, 0.717) is 12.1 Å². The Kier molecular flexibility index (Phi) is 3.98. The third-order valence-electron chi connectivity index (χ3n) is 5.16. The summed E-state index contributed by atoms with van der Waals surface area (Å²) in [5, 5.41) is 4.47. The van der Waals surface area contributed by atoms with E-state index in [-0.39, 0.29) is 6.03 Å². The molecule has 7 nitrogen and oxygen atoms in total. The van der Waals surface area contributed by atoms with Crippen molar-refractivity contribution in [3.05, 3.63) is 12.4 Å². The van der Waals surface area contributed by atoms with Crippen LogP contribution in [0.2, 0.25) is 0 Å². The number of likely N-dealkylation sites (tertiary alicyclic amines) is 1. The van der Waals surface area contributed by atoms with Gasteiger partial charge in [-0.2, -0.15) is 5.10 Å². The van der Waals surface area contributed by atoms with Crippen LogP contribution in [0.4, 0.5) is 10.5 Å². The lowest BCUT2D eigenvalue weighted by molar-refractivity contribution is -0.0288. The molecule has 23 heavy (non-hydrogen) atoms. The zero-order valence-electron chi connectivity index (χ0n) is 13.7. The minimum Gasteiger partial charge on any atom is -0.377 e. The number of nitrogens with zero attached hydrogens (tertiary/aromatic N) is 5. The van der Waals surface area contributed by atoms with Gasteiger partial charge in [0.25, 0.3) is 0 Å². The van der Waals surface area contributed by atoms with Gasteiger partial charge in [0.05, 0.1) is 24.0 Å². The van der Waals surface area contributed by atoms with Crippen molar-refractivity contribution in [3.63, 3.8) is 0 Å². The average molecular weight is 319 g/mol. The molecule has 3 saturated heterocycles. The lowest BCUT2D eigenvalue weighted by Gasteiger charge is -2.41. The van der Waals surface area contributed by atoms with Crippen LogP contribution in [0.5, 0.6) is 0 Å². The van der Waals surface area contributed by atoms with Crippen LogP contribution >= 0.6 is 0 Å². The molecule has 3 aliphatic heterocycles. The summed E-state index contributed by atoms with van der Waals surface area (Å²) in [5.74, 6) is 0. The minimum absolute atomic E-state index is 0.0641. The Morgan fingerprint density at radius 3 is 2.87 bits per heavy atom. The first-order valence-corrected chi connectivity index (χ1v) is 8.61. The summed E-state index contributed by atoms with van der Waals surface area (Å²) in [4.78, 5) is 18.0. The fraction of sp³-hybridized carbons (Fsp3) is 0.750. The molecular formula is C16H25N5O2. The van der Waals surface area contributed by atoms with Crippen LogP contribution in [0.1, 0.15) is 25.3 Å². The number of urea groups is 1. The number of carbonyl (C=O) groups excluding carboxylic acids is 1. The maximum atomic E-state index is 12.0. The van der Waals surface area contributed by atoms with Gasteiger partial charge in [-0.25, -0.2) is 4.79 Å². The van der Waals surface area contributed by atoms with E-state index in [2.05, 4.69) is 10.00 Å². The van der Waals surface area contributed by atoms with Crippen molar-refractivity contribution >= 4 is 11.7 Å². The van der Waals surface area contributed by atoms with E-state index >= 15 is 0 Å². The largest absolute Gasteiger partial charge is 0.377 e. The van der Waals surface area contributed by atoms with Gasteiger partial charge < -0.3 is 9.64 Å². The van der Waals surface area contributed by atoms with Gasteiger partial charge >= 0.3 is 6.03 Å². The Bertz CT molecular complexity index is 563. The van der Waals surface area contributed by atoms with Gasteiger partial charge in [-0.15, -0.1) is 0 Å². The van der Waals surface area contributed by atoms with E-state index in [1.807, 2.05) is 24.1 Å². The summed E-state index contributed by atoms with van der Waals surface area (Å²) in [6.45, 7) is 5.53. The number of hydrogen-bond acceptors (Lipinski definition) is 4. The average Bonchev–Trinajstić information content (AvgIpc) is 3.12. The quantitative estimate of drug-likeness (QED) is 0.836. The zero-order chi connectivity index (χ0) is 15.8. The second kappa shape index (κ2) is 6.13. The molecule has 126 valence electrons. The molecule has 3 aliphatic rings. The van der Waals surface area contributed by atoms with Crippen LogP contribution in [-0.4, -0.2) is 78.1 Å². The van der Waals surface area contributed by atoms with E-state index < -0.39 is 0 Å². The Morgan fingerprint density at radius 1 is 1.30 bits per heavy atom. The van der Waals surface area contributed by atoms with Gasteiger partial charge in [-0.1, -0.05) is 0 Å². The van der Waals surface area contributed by atoms with E-state index in [0.717, 1.165) is 45.0 Å². The number of amides is 2. The summed E-state index contributed by atoms with van der Waals surface area (Å²) in [5.41, 5.74) is 0.911. The number of anilines is 1. The summed E-state index contributed by atoms with van der Waals surface area (Å²) in [6.07, 6.45) is 7.93. The van der Waals surface area contributed by atoms with Crippen LogP contribution in [0.3, 0.4) is 0 Å². The van der Waals surface area contributed by atoms with Gasteiger partial charge in [0.1, 0.15) is 0 Å². The predicted molar refractivity (Wildman–Crippen MR) is 86.7 cm³/mol. The van der Waals surface area contributed by atoms with Gasteiger partial charge in [-0.05, 0) is 19.3 Å². The van der Waals surface area contributed by atoms with Crippen molar-refractivity contribution in [2.75, 3.05) is 51.3 Å². The van der Waals surface area contributed by atoms with Crippen molar-refractivity contribution in [3.8, 4) is 0 Å². The molecule has 0 aliphatic carbocycles. The SMILES string of the molecule is CN1CCN(c2cnn(C3CN(CC4CCCCO4)C3)c2)C1=O. The highest BCUT2D eigenvalue weighted by Gasteiger charge is 2.32. The second-order valence-electron chi connectivity index (χ2n) is 6.90. The number of hydrogen-bond donors (Lipinski definition) is 0. The van der Waals surface area contributed by atoms with Crippen molar-refractivity contribution < 1.29 is 9.53 Å². The highest BCUT2D eigenvalue weighted by Crippen LogP contribution is 2.26. The van der Waals surface area contributed by atoms with Crippen molar-refractivity contribution in [2.24, 2.45) is 0 Å². The molecule has 1 atom stereocenters. The molecule has 0 radical (unpaired) electrons. The van der Waals surface area contributed by atoms with Gasteiger partial charge in [0, 0.05) is 52.6 Å². The normalized spacial score (nSPS) is 26.8. The Hall–Kier alpha value is -1.60. The molecular weight excluding hydrogens is 294 g/mol. The van der Waals surface area contributed by atoms with E-state index in [9.17, 15) is 4.79 Å². The number of rotatable bonds is 4. The van der Waals surface area contributed by atoms with Crippen molar-refractivity contribution in [1.29, 1.82) is 0 Å². The fourth-order valence-electron chi connectivity index (χ4n) is 3.65. The molecule has 2 amide bonds. The third kappa shape index (κ3) is 2.95. The Labute approximate surface area is 136 Å². The zero-order valence-corrected chi connectivity index (χ0v) is 13.7. The molecule has 1 unspecified atom stereocenters. The summed E-state index contributed by atoms with van der Waals surface area (Å²) in [7, 11) is 1.84. The van der Waals surface area contributed by atoms with Gasteiger partial charge in [0.2, 0.25) is 0 Å². The molecule has 4 heterocycles. The summed E-state index contributed by atoms with van der Waals surface area (Å²) < 4.78 is 7.82. The van der Waals surface area contributed by atoms with Crippen LogP contribution in [0.25, 0.3) is 0 Å². The molecule has 0 aromatic carbocycles. The summed E-state index contributed by atoms with van der Waals surface area (Å²) in [6, 6.07) is 0.483. The smallest absolute Gasteiger partial charge is 0.324 e. The molecule has 0 bridgehead atoms. The van der Waals surface area contributed by atoms with Crippen LogP contribution in [-0.2, 0) is 4.74 Å². The lowest BCUT2D eigenvalue weighted by Crippen LogP contribution is -2.51. The topological polar surface area (TPSA) is 53.8 Å². The van der Waals surface area contributed by atoms with E-state index in [1.54, 1.807) is 9.80 Å². The molecule has 0 saturated carbocycles. The lowest BCUT2D eigenvalue weighted by atomic mass is 10.0. The summed E-state index contributed by atoms with van der Waals surface area (Å²) >= 11 is 0. The molecule has 4 rings (SSSR count). The molecule has 0 N–H and O–H groups in total. The number of carbonyl (C=O) groups is 1. The van der Waals surface area contributed by atoms with Gasteiger partial charge in [-0.3, -0.25) is 14.5 Å². The van der Waals surface area contributed by atoms with Crippen LogP contribution in [0.15, 0.2) is 12.4 Å². The Morgan fingerprint density at radius 2 is 2.17 bits per heavy atom. The van der Waals surface area contributed by atoms with Crippen LogP contribution < -0.4 is 4.90 Å². The predicted octanol–water partition coefficient (Wildman–Crippen LogP) is 1.18. The fourth-order valence-corrected chi connectivity index (χ4v) is 3.65. The first kappa shape index (κ1) is 15.0. The van der Waals surface area contributed by atoms with Crippen LogP contribution in [0, 0.1) is 0 Å². The molecule has 0 spiro atoms. The van der Waals surface area contributed by atoms with Gasteiger partial charge in [0.15, 0.2) is 0 Å². The minimum atomic E-state index is 0.0641. The highest BCUT2D eigenvalue weighted by atomic mass is 16.5. The molecule has 3 fully saturated rings. The first-order valence-electron chi connectivity index (χ1n) is 8.61. The highest BCUT2D eigenvalue weighted by molar-refractivity contribution is 5.93.